The minimum atomic E-state index is -0.0110. The van der Waals surface area contributed by atoms with Gasteiger partial charge in [-0.3, -0.25) is 4.79 Å². The van der Waals surface area contributed by atoms with Gasteiger partial charge in [0, 0.05) is 22.0 Å². The number of nitrogens with one attached hydrogen (secondary N) is 2. The van der Waals surface area contributed by atoms with E-state index in [0.717, 1.165) is 11.3 Å². The first-order chi connectivity index (χ1) is 12.5. The number of hydrogen-bond acceptors (Lipinski definition) is 6. The van der Waals surface area contributed by atoms with Crippen LogP contribution in [-0.2, 0) is 0 Å². The van der Waals surface area contributed by atoms with Crippen LogP contribution in [0, 0.1) is 6.92 Å². The minimum absolute atomic E-state index is 0.0110. The molecule has 0 bridgehead atoms. The van der Waals surface area contributed by atoms with Gasteiger partial charge in [0.25, 0.3) is 0 Å². The summed E-state index contributed by atoms with van der Waals surface area (Å²) < 4.78 is 0. The monoisotopic (exact) mass is 367 g/mol. The van der Waals surface area contributed by atoms with Crippen molar-refractivity contribution < 1.29 is 4.79 Å². The van der Waals surface area contributed by atoms with Gasteiger partial charge < -0.3 is 16.4 Å². The number of anilines is 5. The second-order valence-corrected chi connectivity index (χ2v) is 6.19. The van der Waals surface area contributed by atoms with E-state index in [9.17, 15) is 4.79 Å². The summed E-state index contributed by atoms with van der Waals surface area (Å²) in [6.07, 6.45) is 1.41. The minimum Gasteiger partial charge on any atom is -0.393 e. The molecule has 0 aliphatic heterocycles. The van der Waals surface area contributed by atoms with Crippen LogP contribution in [0.3, 0.4) is 0 Å². The maximum atomic E-state index is 11.5. The number of benzene rings is 2. The van der Waals surface area contributed by atoms with E-state index < -0.39 is 0 Å². The van der Waals surface area contributed by atoms with Gasteiger partial charge in [0.1, 0.15) is 12.0 Å². The molecule has 0 aliphatic rings. The third kappa shape index (κ3) is 3.75. The molecule has 7 heteroatoms. The maximum absolute atomic E-state index is 11.5. The number of carbonyl (C=O) groups is 1. The van der Waals surface area contributed by atoms with E-state index in [4.69, 9.17) is 17.3 Å². The van der Waals surface area contributed by atoms with Crippen molar-refractivity contribution in [2.24, 2.45) is 0 Å². The standard InChI is InChI=1S/C19H18ClN5O/c1-11-15(20)7-4-8-16(11)25-19-17(21)18(22-10-23-19)24-14-6-3-5-13(9-14)12(2)26/h3-10H,21H2,1-2H3,(H2,22,23,24,25). The van der Waals surface area contributed by atoms with Gasteiger partial charge in [0.15, 0.2) is 17.4 Å². The first kappa shape index (κ1) is 17.7. The lowest BCUT2D eigenvalue weighted by atomic mass is 10.1. The van der Waals surface area contributed by atoms with Crippen molar-refractivity contribution in [1.82, 2.24) is 9.97 Å². The fourth-order valence-electron chi connectivity index (χ4n) is 2.42. The highest BCUT2D eigenvalue weighted by atomic mass is 35.5. The molecular weight excluding hydrogens is 350 g/mol. The Morgan fingerprint density at radius 3 is 2.50 bits per heavy atom. The van der Waals surface area contributed by atoms with Crippen molar-refractivity contribution in [3.63, 3.8) is 0 Å². The number of Topliss-reactive ketones (excluding diaryl/α,β-unsaturated/α-hetero) is 1. The number of ketones is 1. The second kappa shape index (κ2) is 7.41. The molecule has 26 heavy (non-hydrogen) atoms. The summed E-state index contributed by atoms with van der Waals surface area (Å²) >= 11 is 6.15. The molecule has 0 amide bonds. The van der Waals surface area contributed by atoms with Crippen molar-refractivity contribution in [2.75, 3.05) is 16.4 Å². The number of hydrogen-bond donors (Lipinski definition) is 3. The van der Waals surface area contributed by atoms with E-state index in [1.807, 2.05) is 31.2 Å². The van der Waals surface area contributed by atoms with Crippen molar-refractivity contribution in [3.05, 3.63) is 64.9 Å². The summed E-state index contributed by atoms with van der Waals surface area (Å²) in [6.45, 7) is 3.43. The number of nitrogen functional groups attached to an aromatic ring is 1. The van der Waals surface area contributed by atoms with Crippen LogP contribution in [0.4, 0.5) is 28.7 Å². The lowest BCUT2D eigenvalue weighted by molar-refractivity contribution is 0.101. The quantitative estimate of drug-likeness (QED) is 0.565. The van der Waals surface area contributed by atoms with Gasteiger partial charge in [-0.05, 0) is 43.7 Å². The molecule has 3 aromatic rings. The lowest BCUT2D eigenvalue weighted by Crippen LogP contribution is -2.06. The van der Waals surface area contributed by atoms with Gasteiger partial charge >= 0.3 is 0 Å². The van der Waals surface area contributed by atoms with E-state index in [1.165, 1.54) is 13.3 Å². The first-order valence-corrected chi connectivity index (χ1v) is 8.34. The Hall–Kier alpha value is -3.12. The molecule has 2 aromatic carbocycles. The molecule has 0 atom stereocenters. The molecule has 1 heterocycles. The summed E-state index contributed by atoms with van der Waals surface area (Å²) in [5, 5.41) is 6.96. The smallest absolute Gasteiger partial charge is 0.159 e. The van der Waals surface area contributed by atoms with E-state index in [0.29, 0.717) is 33.6 Å². The normalized spacial score (nSPS) is 10.4. The molecule has 1 aromatic heterocycles. The van der Waals surface area contributed by atoms with Gasteiger partial charge in [-0.1, -0.05) is 29.8 Å². The van der Waals surface area contributed by atoms with Gasteiger partial charge in [-0.25, -0.2) is 9.97 Å². The number of aromatic nitrogens is 2. The van der Waals surface area contributed by atoms with Crippen LogP contribution in [0.5, 0.6) is 0 Å². The van der Waals surface area contributed by atoms with E-state index in [-0.39, 0.29) is 5.78 Å². The molecule has 0 unspecified atom stereocenters. The zero-order valence-electron chi connectivity index (χ0n) is 14.4. The predicted octanol–water partition coefficient (Wildman–Crippen LogP) is 4.71. The molecule has 3 rings (SSSR count). The number of nitrogens with zero attached hydrogens (tertiary/aromatic N) is 2. The topological polar surface area (TPSA) is 92.9 Å². The lowest BCUT2D eigenvalue weighted by Gasteiger charge is -2.14. The van der Waals surface area contributed by atoms with Gasteiger partial charge in [0.05, 0.1) is 0 Å². The first-order valence-electron chi connectivity index (χ1n) is 7.96. The largest absolute Gasteiger partial charge is 0.393 e. The van der Waals surface area contributed by atoms with Crippen LogP contribution >= 0.6 is 11.6 Å². The summed E-state index contributed by atoms with van der Waals surface area (Å²) in [5.74, 6) is 0.904. The van der Waals surface area contributed by atoms with Crippen LogP contribution in [0.1, 0.15) is 22.8 Å². The Morgan fingerprint density at radius 2 is 1.77 bits per heavy atom. The highest BCUT2D eigenvalue weighted by Crippen LogP contribution is 2.31. The molecule has 6 nitrogen and oxygen atoms in total. The molecule has 4 N–H and O–H groups in total. The highest BCUT2D eigenvalue weighted by molar-refractivity contribution is 6.31. The van der Waals surface area contributed by atoms with Crippen LogP contribution in [0.2, 0.25) is 5.02 Å². The molecule has 0 spiro atoms. The van der Waals surface area contributed by atoms with E-state index in [2.05, 4.69) is 20.6 Å². The average molecular weight is 368 g/mol. The molecule has 0 fully saturated rings. The van der Waals surface area contributed by atoms with E-state index in [1.54, 1.807) is 18.2 Å². The van der Waals surface area contributed by atoms with Crippen LogP contribution in [0.15, 0.2) is 48.8 Å². The van der Waals surface area contributed by atoms with Crippen molar-refractivity contribution in [3.8, 4) is 0 Å². The Kier molecular flexibility index (Phi) is 5.04. The Balaban J connectivity index is 1.89. The van der Waals surface area contributed by atoms with Gasteiger partial charge in [-0.2, -0.15) is 0 Å². The number of carbonyl (C=O) groups excluding carboxylic acids is 1. The second-order valence-electron chi connectivity index (χ2n) is 5.78. The van der Waals surface area contributed by atoms with E-state index >= 15 is 0 Å². The van der Waals surface area contributed by atoms with Gasteiger partial charge in [0.2, 0.25) is 0 Å². The zero-order valence-corrected chi connectivity index (χ0v) is 15.1. The third-order valence-corrected chi connectivity index (χ3v) is 4.35. The Bertz CT molecular complexity index is 974. The maximum Gasteiger partial charge on any atom is 0.159 e. The van der Waals surface area contributed by atoms with Gasteiger partial charge in [-0.15, -0.1) is 0 Å². The van der Waals surface area contributed by atoms with Crippen molar-refractivity contribution in [1.29, 1.82) is 0 Å². The number of nitrogens with two attached hydrogens (primary N) is 1. The molecule has 132 valence electrons. The molecule has 0 aliphatic carbocycles. The molecular formula is C19H18ClN5O. The average Bonchev–Trinajstić information content (AvgIpc) is 2.62. The van der Waals surface area contributed by atoms with Crippen molar-refractivity contribution >= 4 is 46.1 Å². The number of halogens is 1. The summed E-state index contributed by atoms with van der Waals surface area (Å²) in [4.78, 5) is 19.9. The van der Waals surface area contributed by atoms with Crippen molar-refractivity contribution in [2.45, 2.75) is 13.8 Å². The third-order valence-electron chi connectivity index (χ3n) is 3.94. The van der Waals surface area contributed by atoms with Crippen LogP contribution in [0.25, 0.3) is 0 Å². The van der Waals surface area contributed by atoms with Crippen LogP contribution < -0.4 is 16.4 Å². The Morgan fingerprint density at radius 1 is 1.08 bits per heavy atom. The zero-order chi connectivity index (χ0) is 18.7. The summed E-state index contributed by atoms with van der Waals surface area (Å²) in [5.41, 5.74) is 9.61. The highest BCUT2D eigenvalue weighted by Gasteiger charge is 2.11. The molecule has 0 radical (unpaired) electrons. The fourth-order valence-corrected chi connectivity index (χ4v) is 2.59. The SMILES string of the molecule is CC(=O)c1cccc(Nc2ncnc(Nc3cccc(Cl)c3C)c2N)c1. The predicted molar refractivity (Wildman–Crippen MR) is 106 cm³/mol. The molecule has 0 saturated heterocycles. The number of rotatable bonds is 5. The summed E-state index contributed by atoms with van der Waals surface area (Å²) in [7, 11) is 0. The summed E-state index contributed by atoms with van der Waals surface area (Å²) in [6, 6.07) is 12.7. The fraction of sp³-hybridized carbons (Fsp3) is 0.105. The Labute approximate surface area is 156 Å². The van der Waals surface area contributed by atoms with Crippen LogP contribution in [-0.4, -0.2) is 15.8 Å². The molecule has 0 saturated carbocycles.